The van der Waals surface area contributed by atoms with Crippen LogP contribution in [0.2, 0.25) is 0 Å². The van der Waals surface area contributed by atoms with Crippen molar-refractivity contribution in [3.05, 3.63) is 35.4 Å². The monoisotopic (exact) mass is 274 g/mol. The molecule has 112 valence electrons. The Balaban J connectivity index is 1.90. The van der Waals surface area contributed by atoms with E-state index in [-0.39, 0.29) is 0 Å². The number of hydrogen-bond acceptors (Lipinski definition) is 2. The number of nitrogens with one attached hydrogen (secondary N) is 1. The fourth-order valence-electron chi connectivity index (χ4n) is 3.44. The highest BCUT2D eigenvalue weighted by molar-refractivity contribution is 5.23. The van der Waals surface area contributed by atoms with Gasteiger partial charge in [-0.15, -0.1) is 0 Å². The molecule has 0 bridgehead atoms. The van der Waals surface area contributed by atoms with E-state index in [0.29, 0.717) is 5.41 Å². The van der Waals surface area contributed by atoms with Crippen LogP contribution in [0.25, 0.3) is 0 Å². The van der Waals surface area contributed by atoms with Gasteiger partial charge in [0.25, 0.3) is 0 Å². The molecule has 0 amide bonds. The smallest absolute Gasteiger partial charge is 0.0233 e. The third-order valence-electron chi connectivity index (χ3n) is 5.20. The van der Waals surface area contributed by atoms with Crippen molar-refractivity contribution in [1.82, 2.24) is 10.2 Å². The lowest BCUT2D eigenvalue weighted by molar-refractivity contribution is 0.0909. The molecule has 1 aromatic rings. The molecule has 1 N–H and O–H groups in total. The molecule has 0 saturated carbocycles. The number of hydrogen-bond donors (Lipinski definition) is 1. The first-order chi connectivity index (χ1) is 9.71. The minimum absolute atomic E-state index is 0.629. The number of benzene rings is 1. The van der Waals surface area contributed by atoms with Gasteiger partial charge in [0.1, 0.15) is 0 Å². The van der Waals surface area contributed by atoms with E-state index < -0.39 is 0 Å². The van der Waals surface area contributed by atoms with E-state index in [1.807, 2.05) is 7.05 Å². The molecule has 2 rings (SSSR count). The topological polar surface area (TPSA) is 15.3 Å². The van der Waals surface area contributed by atoms with Gasteiger partial charge in [0.05, 0.1) is 0 Å². The average Bonchev–Trinajstić information content (AvgIpc) is 2.49. The van der Waals surface area contributed by atoms with Crippen molar-refractivity contribution in [3.63, 3.8) is 0 Å². The van der Waals surface area contributed by atoms with Crippen molar-refractivity contribution in [2.75, 3.05) is 20.1 Å². The predicted molar refractivity (Wildman–Crippen MR) is 86.7 cm³/mol. The van der Waals surface area contributed by atoms with Crippen LogP contribution in [0.5, 0.6) is 0 Å². The molecule has 0 aliphatic carbocycles. The SMILES string of the molecule is CCC1(CC)CCN(Cc2cccc(CNC)c2)CC1. The van der Waals surface area contributed by atoms with Crippen molar-refractivity contribution >= 4 is 0 Å². The maximum atomic E-state index is 3.23. The largest absolute Gasteiger partial charge is 0.316 e. The summed E-state index contributed by atoms with van der Waals surface area (Å²) in [6, 6.07) is 9.00. The predicted octanol–water partition coefficient (Wildman–Crippen LogP) is 3.81. The highest BCUT2D eigenvalue weighted by Crippen LogP contribution is 2.38. The Bertz CT molecular complexity index is 400. The minimum atomic E-state index is 0.629. The molecule has 1 heterocycles. The summed E-state index contributed by atoms with van der Waals surface area (Å²) in [5.41, 5.74) is 3.47. The summed E-state index contributed by atoms with van der Waals surface area (Å²) in [5.74, 6) is 0. The minimum Gasteiger partial charge on any atom is -0.316 e. The molecule has 1 saturated heterocycles. The van der Waals surface area contributed by atoms with Crippen LogP contribution < -0.4 is 5.32 Å². The van der Waals surface area contributed by atoms with Crippen LogP contribution in [0.15, 0.2) is 24.3 Å². The maximum Gasteiger partial charge on any atom is 0.0233 e. The van der Waals surface area contributed by atoms with Crippen molar-refractivity contribution in [2.45, 2.75) is 52.6 Å². The van der Waals surface area contributed by atoms with Gasteiger partial charge in [0, 0.05) is 13.1 Å². The van der Waals surface area contributed by atoms with E-state index in [1.54, 1.807) is 0 Å². The van der Waals surface area contributed by atoms with Gasteiger partial charge in [-0.1, -0.05) is 51.0 Å². The lowest BCUT2D eigenvalue weighted by Crippen LogP contribution is -2.39. The quantitative estimate of drug-likeness (QED) is 0.848. The summed E-state index contributed by atoms with van der Waals surface area (Å²) in [5, 5.41) is 3.23. The molecule has 1 fully saturated rings. The van der Waals surface area contributed by atoms with E-state index in [9.17, 15) is 0 Å². The van der Waals surface area contributed by atoms with Crippen molar-refractivity contribution in [1.29, 1.82) is 0 Å². The van der Waals surface area contributed by atoms with Gasteiger partial charge < -0.3 is 5.32 Å². The second-order valence-corrected chi connectivity index (χ2v) is 6.33. The zero-order valence-electron chi connectivity index (χ0n) is 13.4. The summed E-state index contributed by atoms with van der Waals surface area (Å²) >= 11 is 0. The Morgan fingerprint density at radius 3 is 2.35 bits per heavy atom. The average molecular weight is 274 g/mol. The molecule has 0 spiro atoms. The number of likely N-dealkylation sites (tertiary alicyclic amines) is 1. The van der Waals surface area contributed by atoms with Crippen LogP contribution in [0, 0.1) is 5.41 Å². The molecule has 2 nitrogen and oxygen atoms in total. The van der Waals surface area contributed by atoms with Crippen molar-refractivity contribution in [2.24, 2.45) is 5.41 Å². The van der Waals surface area contributed by atoms with E-state index >= 15 is 0 Å². The molecule has 2 heteroatoms. The van der Waals surface area contributed by atoms with E-state index in [2.05, 4.69) is 48.3 Å². The molecule has 0 radical (unpaired) electrons. The standard InChI is InChI=1S/C18H30N2/c1-4-18(5-2)9-11-20(12-10-18)15-17-8-6-7-16(13-17)14-19-3/h6-8,13,19H,4-5,9-12,14-15H2,1-3H3. The molecule has 1 aliphatic rings. The summed E-state index contributed by atoms with van der Waals surface area (Å²) < 4.78 is 0. The summed E-state index contributed by atoms with van der Waals surface area (Å²) in [7, 11) is 2.01. The van der Waals surface area contributed by atoms with Gasteiger partial charge >= 0.3 is 0 Å². The fraction of sp³-hybridized carbons (Fsp3) is 0.667. The van der Waals surface area contributed by atoms with Crippen LogP contribution in [0.1, 0.15) is 50.7 Å². The molecule has 0 unspecified atom stereocenters. The van der Waals surface area contributed by atoms with Gasteiger partial charge in [-0.05, 0) is 49.5 Å². The molecule has 1 aliphatic heterocycles. The van der Waals surface area contributed by atoms with Gasteiger partial charge in [-0.3, -0.25) is 4.90 Å². The molecular formula is C18H30N2. The van der Waals surface area contributed by atoms with Gasteiger partial charge in [-0.2, -0.15) is 0 Å². The number of rotatable bonds is 6. The molecule has 0 atom stereocenters. The summed E-state index contributed by atoms with van der Waals surface area (Å²) in [6.45, 7) is 9.32. The van der Waals surface area contributed by atoms with E-state index in [1.165, 1.54) is 49.9 Å². The molecule has 20 heavy (non-hydrogen) atoms. The zero-order chi connectivity index (χ0) is 14.4. The zero-order valence-corrected chi connectivity index (χ0v) is 13.4. The van der Waals surface area contributed by atoms with Crippen LogP contribution in [-0.2, 0) is 13.1 Å². The third-order valence-corrected chi connectivity index (χ3v) is 5.20. The van der Waals surface area contributed by atoms with Crippen LogP contribution >= 0.6 is 0 Å². The lowest BCUT2D eigenvalue weighted by Gasteiger charge is -2.41. The Morgan fingerprint density at radius 1 is 1.10 bits per heavy atom. The molecular weight excluding hydrogens is 244 g/mol. The highest BCUT2D eigenvalue weighted by atomic mass is 15.1. The van der Waals surface area contributed by atoms with Crippen LogP contribution in [0.3, 0.4) is 0 Å². The lowest BCUT2D eigenvalue weighted by atomic mass is 9.74. The first-order valence-electron chi connectivity index (χ1n) is 8.16. The first kappa shape index (κ1) is 15.5. The van der Waals surface area contributed by atoms with E-state index in [4.69, 9.17) is 0 Å². The van der Waals surface area contributed by atoms with Crippen LogP contribution in [0.4, 0.5) is 0 Å². The summed E-state index contributed by atoms with van der Waals surface area (Å²) in [6.07, 6.45) is 5.43. The second kappa shape index (κ2) is 7.24. The van der Waals surface area contributed by atoms with Crippen molar-refractivity contribution in [3.8, 4) is 0 Å². The van der Waals surface area contributed by atoms with Crippen LogP contribution in [-0.4, -0.2) is 25.0 Å². The highest BCUT2D eigenvalue weighted by Gasteiger charge is 2.30. The number of piperidine rings is 1. The maximum absolute atomic E-state index is 3.23. The van der Waals surface area contributed by atoms with Gasteiger partial charge in [0.2, 0.25) is 0 Å². The molecule has 0 aromatic heterocycles. The Labute approximate surface area is 124 Å². The number of nitrogens with zero attached hydrogens (tertiary/aromatic N) is 1. The Kier molecular flexibility index (Phi) is 5.62. The van der Waals surface area contributed by atoms with Gasteiger partial charge in [0.15, 0.2) is 0 Å². The third kappa shape index (κ3) is 3.83. The van der Waals surface area contributed by atoms with Crippen molar-refractivity contribution < 1.29 is 0 Å². The Morgan fingerprint density at radius 2 is 1.75 bits per heavy atom. The normalized spacial score (nSPS) is 19.1. The second-order valence-electron chi connectivity index (χ2n) is 6.33. The van der Waals surface area contributed by atoms with Gasteiger partial charge in [-0.25, -0.2) is 0 Å². The fourth-order valence-corrected chi connectivity index (χ4v) is 3.44. The molecule has 1 aromatic carbocycles. The summed E-state index contributed by atoms with van der Waals surface area (Å²) in [4.78, 5) is 2.63. The Hall–Kier alpha value is -0.860. The van der Waals surface area contributed by atoms with E-state index in [0.717, 1.165) is 13.1 Å². The first-order valence-corrected chi connectivity index (χ1v) is 8.16.